The molecule has 0 radical (unpaired) electrons. The van der Waals surface area contributed by atoms with Gasteiger partial charge in [0.2, 0.25) is 11.8 Å². The molecule has 1 aromatic carbocycles. The average molecular weight is 409 g/mol. The molecule has 1 heterocycles. The Morgan fingerprint density at radius 3 is 2.43 bits per heavy atom. The van der Waals surface area contributed by atoms with E-state index in [9.17, 15) is 31.1 Å². The molecule has 0 N–H and O–H groups in total. The van der Waals surface area contributed by atoms with Crippen LogP contribution in [-0.2, 0) is 10.9 Å². The third kappa shape index (κ3) is 5.24. The topological polar surface area (TPSA) is 64.5 Å². The fourth-order valence-corrected chi connectivity index (χ4v) is 2.05. The van der Waals surface area contributed by atoms with Crippen molar-refractivity contribution < 1.29 is 40.6 Å². The number of anilines is 2. The molecule has 0 aliphatic carbocycles. The lowest BCUT2D eigenvalue weighted by atomic mass is 10.2. The number of aromatic nitrogens is 2. The van der Waals surface area contributed by atoms with Crippen molar-refractivity contribution in [2.75, 3.05) is 25.7 Å². The second kappa shape index (κ2) is 7.90. The molecule has 0 unspecified atom stereocenters. The summed E-state index contributed by atoms with van der Waals surface area (Å²) >= 11 is 0. The van der Waals surface area contributed by atoms with Crippen molar-refractivity contribution >= 4 is 17.6 Å². The van der Waals surface area contributed by atoms with Gasteiger partial charge in [-0.1, -0.05) is 6.07 Å². The number of hydrogen-bond acceptors (Lipinski definition) is 6. The molecule has 28 heavy (non-hydrogen) atoms. The summed E-state index contributed by atoms with van der Waals surface area (Å²) in [5.41, 5.74) is -1.12. The Morgan fingerprint density at radius 1 is 1.18 bits per heavy atom. The zero-order valence-corrected chi connectivity index (χ0v) is 14.4. The number of benzene rings is 1. The quantitative estimate of drug-likeness (QED) is 0.550. The third-order valence-electron chi connectivity index (χ3n) is 3.37. The van der Waals surface area contributed by atoms with Crippen LogP contribution < -0.4 is 9.64 Å². The Kier molecular flexibility index (Phi) is 6.00. The van der Waals surface area contributed by atoms with Crippen LogP contribution in [0, 0.1) is 0 Å². The zero-order chi connectivity index (χ0) is 21.1. The number of hydrogen-bond donors (Lipinski definition) is 0. The normalized spacial score (nSPS) is 11.9. The molecule has 0 amide bonds. The molecule has 0 saturated heterocycles. The fourth-order valence-electron chi connectivity index (χ4n) is 2.05. The number of methoxy groups -OCH3 is 1. The average Bonchev–Trinajstić information content (AvgIpc) is 2.63. The van der Waals surface area contributed by atoms with Crippen LogP contribution in [-0.4, -0.2) is 42.9 Å². The van der Waals surface area contributed by atoms with Crippen molar-refractivity contribution in [3.8, 4) is 5.88 Å². The lowest BCUT2D eigenvalue weighted by Crippen LogP contribution is -2.23. The molecule has 6 nitrogen and oxygen atoms in total. The zero-order valence-electron chi connectivity index (χ0n) is 14.4. The molecular formula is C16H13F6N3O3. The lowest BCUT2D eigenvalue weighted by molar-refractivity contribution is -0.159. The second-order valence-electron chi connectivity index (χ2n) is 5.39. The van der Waals surface area contributed by atoms with Crippen molar-refractivity contribution in [3.63, 3.8) is 0 Å². The molecule has 0 fully saturated rings. The highest BCUT2D eigenvalue weighted by molar-refractivity contribution is 5.90. The van der Waals surface area contributed by atoms with Gasteiger partial charge in [0.1, 0.15) is 5.56 Å². The Labute approximate surface area is 154 Å². The van der Waals surface area contributed by atoms with Gasteiger partial charge in [0.25, 0.3) is 0 Å². The van der Waals surface area contributed by atoms with Gasteiger partial charge >= 0.3 is 18.3 Å². The number of nitrogens with zero attached hydrogens (tertiary/aromatic N) is 3. The summed E-state index contributed by atoms with van der Waals surface area (Å²) in [6.45, 7) is -1.95. The monoisotopic (exact) mass is 409 g/mol. The van der Waals surface area contributed by atoms with Crippen LogP contribution in [0.25, 0.3) is 0 Å². The van der Waals surface area contributed by atoms with Crippen molar-refractivity contribution in [2.24, 2.45) is 0 Å². The van der Waals surface area contributed by atoms with Gasteiger partial charge in [-0.25, -0.2) is 9.78 Å². The smallest absolute Gasteiger partial charge is 0.423 e. The number of alkyl halides is 6. The van der Waals surface area contributed by atoms with E-state index in [1.54, 1.807) is 0 Å². The molecule has 0 bridgehead atoms. The minimum Gasteiger partial charge on any atom is -0.467 e. The molecule has 2 rings (SSSR count). The molecule has 0 aliphatic heterocycles. The van der Waals surface area contributed by atoms with Gasteiger partial charge in [0.05, 0.1) is 12.7 Å². The van der Waals surface area contributed by atoms with Gasteiger partial charge in [0.15, 0.2) is 6.61 Å². The molecule has 1 aromatic heterocycles. The maximum Gasteiger partial charge on any atom is 0.423 e. The minimum absolute atomic E-state index is 0.146. The van der Waals surface area contributed by atoms with E-state index < -0.39 is 36.4 Å². The summed E-state index contributed by atoms with van der Waals surface area (Å²) in [5, 5.41) is 0. The van der Waals surface area contributed by atoms with Gasteiger partial charge in [-0.15, -0.1) is 0 Å². The van der Waals surface area contributed by atoms with Gasteiger partial charge in [-0.05, 0) is 18.2 Å². The highest BCUT2D eigenvalue weighted by Crippen LogP contribution is 2.36. The maximum absolute atomic E-state index is 13.0. The summed E-state index contributed by atoms with van der Waals surface area (Å²) < 4.78 is 84.8. The van der Waals surface area contributed by atoms with Crippen LogP contribution >= 0.6 is 0 Å². The van der Waals surface area contributed by atoms with Crippen molar-refractivity contribution in [3.05, 3.63) is 41.6 Å². The lowest BCUT2D eigenvalue weighted by Gasteiger charge is -2.20. The maximum atomic E-state index is 13.0. The van der Waals surface area contributed by atoms with Crippen molar-refractivity contribution in [1.29, 1.82) is 0 Å². The van der Waals surface area contributed by atoms with E-state index in [1.165, 1.54) is 43.3 Å². The Morgan fingerprint density at radius 2 is 1.86 bits per heavy atom. The summed E-state index contributed by atoms with van der Waals surface area (Å²) in [5.74, 6) is -2.28. The molecule has 0 spiro atoms. The molecule has 12 heteroatoms. The van der Waals surface area contributed by atoms with Crippen molar-refractivity contribution in [1.82, 2.24) is 9.97 Å². The number of carbonyl (C=O) groups excluding carboxylic acids is 1. The van der Waals surface area contributed by atoms with Crippen LogP contribution in [0.3, 0.4) is 0 Å². The summed E-state index contributed by atoms with van der Waals surface area (Å²) in [7, 11) is 2.52. The van der Waals surface area contributed by atoms with Gasteiger partial charge < -0.3 is 14.4 Å². The largest absolute Gasteiger partial charge is 0.467 e. The van der Waals surface area contributed by atoms with E-state index in [4.69, 9.17) is 0 Å². The standard InChI is InChI=1S/C16H13F6N3O3/c1-25(10-5-3-4-9(6-10)13(26)27-2)14-23-7-11(16(20,21)22)12(24-14)28-8-15(17,18)19/h3-7H,8H2,1-2H3. The number of carbonyl (C=O) groups is 1. The fraction of sp³-hybridized carbons (Fsp3) is 0.312. The van der Waals surface area contributed by atoms with Crippen LogP contribution in [0.4, 0.5) is 38.0 Å². The van der Waals surface area contributed by atoms with Gasteiger partial charge in [0, 0.05) is 18.9 Å². The first-order valence-corrected chi connectivity index (χ1v) is 7.48. The summed E-state index contributed by atoms with van der Waals surface area (Å²) in [6, 6.07) is 5.75. The predicted octanol–water partition coefficient (Wildman–Crippen LogP) is 3.99. The number of esters is 1. The first-order valence-electron chi connectivity index (χ1n) is 7.48. The number of halogens is 6. The molecular weight excluding hydrogens is 396 g/mol. The van der Waals surface area contributed by atoms with Gasteiger partial charge in [-0.3, -0.25) is 0 Å². The van der Waals surface area contributed by atoms with Crippen LogP contribution in [0.2, 0.25) is 0 Å². The minimum atomic E-state index is -5.01. The Hall–Kier alpha value is -3.05. The van der Waals surface area contributed by atoms with E-state index in [1.807, 2.05) is 0 Å². The van der Waals surface area contributed by atoms with Crippen LogP contribution in [0.1, 0.15) is 15.9 Å². The predicted molar refractivity (Wildman–Crippen MR) is 84.4 cm³/mol. The second-order valence-corrected chi connectivity index (χ2v) is 5.39. The first kappa shape index (κ1) is 21.3. The van der Waals surface area contributed by atoms with E-state index in [2.05, 4.69) is 19.4 Å². The van der Waals surface area contributed by atoms with E-state index in [0.717, 1.165) is 0 Å². The Bertz CT molecular complexity index is 854. The van der Waals surface area contributed by atoms with Crippen molar-refractivity contribution in [2.45, 2.75) is 12.4 Å². The van der Waals surface area contributed by atoms with E-state index in [-0.39, 0.29) is 17.2 Å². The number of ether oxygens (including phenoxy) is 2. The highest BCUT2D eigenvalue weighted by atomic mass is 19.4. The van der Waals surface area contributed by atoms with E-state index in [0.29, 0.717) is 6.20 Å². The summed E-state index contributed by atoms with van der Waals surface area (Å²) in [4.78, 5) is 19.8. The van der Waals surface area contributed by atoms with Crippen LogP contribution in [0.5, 0.6) is 5.88 Å². The van der Waals surface area contributed by atoms with E-state index >= 15 is 0 Å². The molecule has 0 aliphatic rings. The van der Waals surface area contributed by atoms with Crippen LogP contribution in [0.15, 0.2) is 30.5 Å². The molecule has 2 aromatic rings. The SMILES string of the molecule is COC(=O)c1cccc(N(C)c2ncc(C(F)(F)F)c(OCC(F)(F)F)n2)c1. The highest BCUT2D eigenvalue weighted by Gasteiger charge is 2.38. The third-order valence-corrected chi connectivity index (χ3v) is 3.37. The molecule has 0 saturated carbocycles. The van der Waals surface area contributed by atoms with Gasteiger partial charge in [-0.2, -0.15) is 31.3 Å². The molecule has 0 atom stereocenters. The number of rotatable bonds is 5. The molecule has 152 valence electrons. The summed E-state index contributed by atoms with van der Waals surface area (Å²) in [6.07, 6.45) is -9.54. The Balaban J connectivity index is 2.41. The first-order chi connectivity index (χ1) is 12.9.